The van der Waals surface area contributed by atoms with Crippen LogP contribution in [-0.2, 0) is 16.8 Å². The number of aromatic nitrogens is 6. The Kier molecular flexibility index (Phi) is 4.62. The van der Waals surface area contributed by atoms with E-state index in [9.17, 15) is 4.79 Å². The molecule has 2 aliphatic heterocycles. The number of carbonyl (C=O) groups excluding carboxylic acids is 1. The molecule has 5 heterocycles. The Morgan fingerprint density at radius 2 is 1.92 bits per heavy atom. The second kappa shape index (κ2) is 7.89. The van der Waals surface area contributed by atoms with Gasteiger partial charge in [0.15, 0.2) is 17.0 Å². The second-order valence-corrected chi connectivity index (χ2v) is 9.78. The normalized spacial score (nSPS) is 17.1. The van der Waals surface area contributed by atoms with Crippen molar-refractivity contribution in [2.45, 2.75) is 24.8 Å². The molecule has 7 rings (SSSR count). The number of nitrogens with zero attached hydrogens (tertiary/aromatic N) is 7. The first-order valence-corrected chi connectivity index (χ1v) is 12.1. The van der Waals surface area contributed by atoms with Crippen molar-refractivity contribution in [1.29, 1.82) is 0 Å². The first-order chi connectivity index (χ1) is 17.6. The van der Waals surface area contributed by atoms with Crippen LogP contribution in [-0.4, -0.2) is 60.9 Å². The smallest absolute Gasteiger partial charge is 0.235 e. The van der Waals surface area contributed by atoms with Gasteiger partial charge in [0.2, 0.25) is 5.91 Å². The quantitative estimate of drug-likeness (QED) is 0.426. The molecule has 36 heavy (non-hydrogen) atoms. The topological polar surface area (TPSA) is 102 Å². The van der Waals surface area contributed by atoms with Crippen LogP contribution in [0.3, 0.4) is 0 Å². The third kappa shape index (κ3) is 3.27. The lowest BCUT2D eigenvalue weighted by Crippen LogP contribution is -2.45. The molecule has 0 saturated carbocycles. The molecular formula is C27H24N8O. The van der Waals surface area contributed by atoms with E-state index in [0.29, 0.717) is 23.5 Å². The maximum Gasteiger partial charge on any atom is 0.235 e. The zero-order valence-corrected chi connectivity index (χ0v) is 19.8. The molecular weight excluding hydrogens is 452 g/mol. The first-order valence-electron chi connectivity index (χ1n) is 12.1. The van der Waals surface area contributed by atoms with Crippen LogP contribution in [0.5, 0.6) is 0 Å². The molecule has 2 aromatic carbocycles. The van der Waals surface area contributed by atoms with Crippen LogP contribution in [0.1, 0.15) is 24.0 Å². The number of hydrogen-bond donors (Lipinski definition) is 1. The molecule has 0 unspecified atom stereocenters. The number of likely N-dealkylation sites (tertiary alicyclic amines) is 1. The van der Waals surface area contributed by atoms with Gasteiger partial charge in [-0.1, -0.05) is 17.3 Å². The molecule has 1 N–H and O–H groups in total. The van der Waals surface area contributed by atoms with Crippen LogP contribution in [0.2, 0.25) is 0 Å². The predicted octanol–water partition coefficient (Wildman–Crippen LogP) is 3.40. The highest BCUT2D eigenvalue weighted by molar-refractivity contribution is 6.06. The number of fused-ring (bicyclic) bond motifs is 4. The minimum absolute atomic E-state index is 0.104. The van der Waals surface area contributed by atoms with Crippen LogP contribution in [0.4, 0.5) is 5.69 Å². The zero-order chi connectivity index (χ0) is 24.3. The summed E-state index contributed by atoms with van der Waals surface area (Å²) in [5.74, 6) is 0.700. The number of pyridine rings is 1. The summed E-state index contributed by atoms with van der Waals surface area (Å²) in [7, 11) is 2.10. The van der Waals surface area contributed by atoms with E-state index in [1.165, 1.54) is 0 Å². The van der Waals surface area contributed by atoms with Gasteiger partial charge in [0.05, 0.1) is 23.7 Å². The lowest BCUT2D eigenvalue weighted by molar-refractivity contribution is -0.122. The average molecular weight is 477 g/mol. The van der Waals surface area contributed by atoms with Gasteiger partial charge >= 0.3 is 0 Å². The summed E-state index contributed by atoms with van der Waals surface area (Å²) in [6.45, 7) is 2.33. The lowest BCUT2D eigenvalue weighted by atomic mass is 9.73. The molecule has 3 aromatic heterocycles. The average Bonchev–Trinajstić information content (AvgIpc) is 3.43. The molecule has 0 radical (unpaired) electrons. The van der Waals surface area contributed by atoms with E-state index in [1.54, 1.807) is 17.1 Å². The second-order valence-electron chi connectivity index (χ2n) is 9.78. The molecule has 9 nitrogen and oxygen atoms in total. The van der Waals surface area contributed by atoms with Gasteiger partial charge in [-0.2, -0.15) is 0 Å². The lowest BCUT2D eigenvalue weighted by Gasteiger charge is -2.36. The summed E-state index contributed by atoms with van der Waals surface area (Å²) < 4.78 is 1.80. The summed E-state index contributed by atoms with van der Waals surface area (Å²) in [6.07, 6.45) is 5.13. The summed E-state index contributed by atoms with van der Waals surface area (Å²) >= 11 is 0. The number of piperidine rings is 1. The molecule has 5 aromatic rings. The third-order valence-corrected chi connectivity index (χ3v) is 7.57. The van der Waals surface area contributed by atoms with Crippen molar-refractivity contribution in [3.05, 3.63) is 72.1 Å². The van der Waals surface area contributed by atoms with Crippen molar-refractivity contribution in [2.75, 3.05) is 25.5 Å². The fourth-order valence-corrected chi connectivity index (χ4v) is 5.46. The van der Waals surface area contributed by atoms with Crippen molar-refractivity contribution >= 4 is 33.7 Å². The molecule has 0 aliphatic carbocycles. The summed E-state index contributed by atoms with van der Waals surface area (Å²) in [4.78, 5) is 29.1. The van der Waals surface area contributed by atoms with Gasteiger partial charge in [0, 0.05) is 22.8 Å². The Labute approximate surface area is 207 Å². The molecule has 9 heteroatoms. The highest BCUT2D eigenvalue weighted by Crippen LogP contribution is 2.45. The van der Waals surface area contributed by atoms with E-state index >= 15 is 0 Å². The first kappa shape index (κ1) is 21.1. The number of hydrogen-bond acceptors (Lipinski definition) is 7. The highest BCUT2D eigenvalue weighted by Gasteiger charge is 2.48. The van der Waals surface area contributed by atoms with E-state index in [0.717, 1.165) is 59.2 Å². The van der Waals surface area contributed by atoms with Gasteiger partial charge in [-0.25, -0.2) is 14.6 Å². The fourth-order valence-electron chi connectivity index (χ4n) is 5.46. The van der Waals surface area contributed by atoms with Crippen molar-refractivity contribution in [3.8, 4) is 11.4 Å². The number of rotatable bonds is 3. The Hall–Kier alpha value is -4.24. The van der Waals surface area contributed by atoms with Crippen LogP contribution in [0, 0.1) is 0 Å². The van der Waals surface area contributed by atoms with Crippen LogP contribution in [0.25, 0.3) is 33.5 Å². The molecule has 2 aliphatic rings. The molecule has 0 bridgehead atoms. The van der Waals surface area contributed by atoms with E-state index in [4.69, 9.17) is 4.98 Å². The van der Waals surface area contributed by atoms with Gasteiger partial charge in [0.25, 0.3) is 0 Å². The summed E-state index contributed by atoms with van der Waals surface area (Å²) in [6, 6.07) is 16.2. The van der Waals surface area contributed by atoms with E-state index in [1.807, 2.05) is 24.3 Å². The minimum Gasteiger partial charge on any atom is -0.325 e. The van der Waals surface area contributed by atoms with Gasteiger partial charge < -0.3 is 10.2 Å². The number of carbonyl (C=O) groups is 1. The Bertz CT molecular complexity index is 1650. The Balaban J connectivity index is 1.25. The molecule has 1 saturated heterocycles. The van der Waals surface area contributed by atoms with Gasteiger partial charge in [-0.3, -0.25) is 9.78 Å². The molecule has 1 spiro atoms. The van der Waals surface area contributed by atoms with Crippen molar-refractivity contribution < 1.29 is 4.79 Å². The SMILES string of the molecule is CN1CCC2(CC1)C(=O)Nc1ccc(-c3ncc4nnn(Cc5ccc6ncccc6c5)c4n3)cc12. The zero-order valence-electron chi connectivity index (χ0n) is 19.8. The highest BCUT2D eigenvalue weighted by atomic mass is 16.2. The molecule has 0 atom stereocenters. The molecule has 178 valence electrons. The van der Waals surface area contributed by atoms with Crippen molar-refractivity contribution in [1.82, 2.24) is 34.8 Å². The van der Waals surface area contributed by atoms with Crippen LogP contribution >= 0.6 is 0 Å². The largest absolute Gasteiger partial charge is 0.325 e. The van der Waals surface area contributed by atoms with Gasteiger partial charge in [-0.05, 0) is 80.5 Å². The maximum atomic E-state index is 13.0. The van der Waals surface area contributed by atoms with Crippen molar-refractivity contribution in [2.24, 2.45) is 0 Å². The number of benzene rings is 2. The number of amides is 1. The monoisotopic (exact) mass is 476 g/mol. The van der Waals surface area contributed by atoms with Crippen molar-refractivity contribution in [3.63, 3.8) is 0 Å². The van der Waals surface area contributed by atoms with E-state index in [2.05, 4.69) is 61.8 Å². The molecule has 1 fully saturated rings. The van der Waals surface area contributed by atoms with Crippen LogP contribution in [0.15, 0.2) is 60.9 Å². The maximum absolute atomic E-state index is 13.0. The van der Waals surface area contributed by atoms with E-state index < -0.39 is 5.41 Å². The van der Waals surface area contributed by atoms with Gasteiger partial charge in [0.1, 0.15) is 0 Å². The number of nitrogens with one attached hydrogen (secondary N) is 1. The number of anilines is 1. The Morgan fingerprint density at radius 3 is 2.81 bits per heavy atom. The molecule has 1 amide bonds. The third-order valence-electron chi connectivity index (χ3n) is 7.57. The van der Waals surface area contributed by atoms with Crippen LogP contribution < -0.4 is 5.32 Å². The Morgan fingerprint density at radius 1 is 1.03 bits per heavy atom. The standard InChI is InChI=1S/C27H24N8O/c1-34-11-8-27(9-12-34)20-14-19(5-7-22(20)30-26(27)36)24-29-15-23-25(31-24)35(33-32-23)16-17-4-6-21-18(13-17)3-2-10-28-21/h2-7,10,13-15H,8-9,11-12,16H2,1H3,(H,30,36). The summed E-state index contributed by atoms with van der Waals surface area (Å²) in [5, 5.41) is 12.8. The van der Waals surface area contributed by atoms with E-state index in [-0.39, 0.29) is 5.91 Å². The fraction of sp³-hybridized carbons (Fsp3) is 0.259. The predicted molar refractivity (Wildman–Crippen MR) is 136 cm³/mol. The summed E-state index contributed by atoms with van der Waals surface area (Å²) in [5.41, 5.74) is 5.73. The van der Waals surface area contributed by atoms with Gasteiger partial charge in [-0.15, -0.1) is 5.10 Å². The minimum atomic E-state index is -0.476.